The van der Waals surface area contributed by atoms with E-state index in [4.69, 9.17) is 5.26 Å². The van der Waals surface area contributed by atoms with Crippen molar-refractivity contribution in [3.05, 3.63) is 23.0 Å². The highest BCUT2D eigenvalue weighted by Gasteiger charge is 2.41. The van der Waals surface area contributed by atoms with Gasteiger partial charge in [0, 0.05) is 5.33 Å². The summed E-state index contributed by atoms with van der Waals surface area (Å²) < 4.78 is 78.3. The van der Waals surface area contributed by atoms with Gasteiger partial charge >= 0.3 is 12.5 Å². The summed E-state index contributed by atoms with van der Waals surface area (Å²) in [4.78, 5) is 3.54. The number of pyridine rings is 1. The summed E-state index contributed by atoms with van der Waals surface area (Å²) >= 11 is 2.74. The van der Waals surface area contributed by atoms with Crippen LogP contribution in [-0.4, -0.2) is 11.3 Å². The molecule has 1 rings (SSSR count). The van der Waals surface area contributed by atoms with E-state index in [1.165, 1.54) is 0 Å². The van der Waals surface area contributed by atoms with Gasteiger partial charge in [0.15, 0.2) is 5.75 Å². The van der Waals surface area contributed by atoms with Gasteiger partial charge < -0.3 is 4.74 Å². The predicted molar refractivity (Wildman–Crippen MR) is 57.9 cm³/mol. The van der Waals surface area contributed by atoms with Crippen molar-refractivity contribution in [2.75, 3.05) is 0 Å². The molecule has 0 aliphatic rings. The van der Waals surface area contributed by atoms with Crippen LogP contribution < -0.4 is 4.74 Å². The van der Waals surface area contributed by atoms with Crippen LogP contribution in [0.25, 0.3) is 0 Å². The first-order valence-corrected chi connectivity index (χ1v) is 5.99. The zero-order valence-electron chi connectivity index (χ0n) is 9.44. The van der Waals surface area contributed by atoms with Crippen LogP contribution in [0.4, 0.5) is 26.3 Å². The standard InChI is InChI=1S/C10H5BrF6N2O/c11-4-7-8(20-10(15,16)17)6(9(12,13)14)3-5(19-7)1-2-18/h3H,1,4H2. The third-order valence-electron chi connectivity index (χ3n) is 2.01. The highest BCUT2D eigenvalue weighted by Crippen LogP contribution is 2.41. The number of alkyl halides is 7. The Morgan fingerprint density at radius 3 is 2.25 bits per heavy atom. The lowest BCUT2D eigenvalue weighted by molar-refractivity contribution is -0.276. The molecule has 0 radical (unpaired) electrons. The molecular formula is C10H5BrF6N2O. The van der Waals surface area contributed by atoms with Gasteiger partial charge in [-0.1, -0.05) is 15.9 Å². The Labute approximate surface area is 117 Å². The first-order valence-electron chi connectivity index (χ1n) is 4.87. The van der Waals surface area contributed by atoms with E-state index in [-0.39, 0.29) is 11.0 Å². The van der Waals surface area contributed by atoms with E-state index in [0.29, 0.717) is 6.07 Å². The average Bonchev–Trinajstić information content (AvgIpc) is 2.27. The minimum Gasteiger partial charge on any atom is -0.403 e. The van der Waals surface area contributed by atoms with Gasteiger partial charge in [0.2, 0.25) is 0 Å². The fraction of sp³-hybridized carbons (Fsp3) is 0.400. The Hall–Kier alpha value is -1.50. The molecule has 0 fully saturated rings. The van der Waals surface area contributed by atoms with Crippen molar-refractivity contribution in [1.29, 1.82) is 5.26 Å². The molecule has 0 atom stereocenters. The van der Waals surface area contributed by atoms with Crippen molar-refractivity contribution in [1.82, 2.24) is 4.98 Å². The molecule has 10 heteroatoms. The molecular weight excluding hydrogens is 358 g/mol. The third-order valence-corrected chi connectivity index (χ3v) is 2.54. The monoisotopic (exact) mass is 362 g/mol. The molecule has 3 nitrogen and oxygen atoms in total. The maximum Gasteiger partial charge on any atom is 0.573 e. The predicted octanol–water partition coefficient (Wildman–Crippen LogP) is 3.96. The Morgan fingerprint density at radius 1 is 1.25 bits per heavy atom. The first-order chi connectivity index (χ1) is 9.08. The summed E-state index contributed by atoms with van der Waals surface area (Å²) in [7, 11) is 0. The lowest BCUT2D eigenvalue weighted by Gasteiger charge is -2.18. The molecule has 110 valence electrons. The Bertz CT molecular complexity index is 534. The van der Waals surface area contributed by atoms with E-state index < -0.39 is 36.0 Å². The van der Waals surface area contributed by atoms with Gasteiger partial charge in [-0.2, -0.15) is 18.4 Å². The lowest BCUT2D eigenvalue weighted by Crippen LogP contribution is -2.22. The van der Waals surface area contributed by atoms with Crippen LogP contribution in [-0.2, 0) is 17.9 Å². The second-order valence-electron chi connectivity index (χ2n) is 3.45. The van der Waals surface area contributed by atoms with Crippen molar-refractivity contribution >= 4 is 15.9 Å². The topological polar surface area (TPSA) is 45.9 Å². The summed E-state index contributed by atoms with van der Waals surface area (Å²) in [5.74, 6) is -1.41. The molecule has 0 unspecified atom stereocenters. The number of nitrogens with zero attached hydrogens (tertiary/aromatic N) is 2. The van der Waals surface area contributed by atoms with E-state index >= 15 is 0 Å². The molecule has 0 saturated carbocycles. The molecule has 1 aromatic heterocycles. The highest BCUT2D eigenvalue weighted by molar-refractivity contribution is 9.08. The molecule has 0 N–H and O–H groups in total. The normalized spacial score (nSPS) is 12.1. The fourth-order valence-corrected chi connectivity index (χ4v) is 1.73. The Balaban J connectivity index is 3.49. The zero-order chi connectivity index (χ0) is 15.6. The van der Waals surface area contributed by atoms with Gasteiger partial charge in [0.05, 0.1) is 23.9 Å². The summed E-state index contributed by atoms with van der Waals surface area (Å²) in [6.45, 7) is 0. The van der Waals surface area contributed by atoms with Crippen molar-refractivity contribution in [3.8, 4) is 11.8 Å². The van der Waals surface area contributed by atoms with E-state index in [0.717, 1.165) is 0 Å². The van der Waals surface area contributed by atoms with Crippen LogP contribution >= 0.6 is 15.9 Å². The number of rotatable bonds is 3. The quantitative estimate of drug-likeness (QED) is 0.603. The summed E-state index contributed by atoms with van der Waals surface area (Å²) in [5, 5.41) is 8.05. The van der Waals surface area contributed by atoms with E-state index in [2.05, 4.69) is 25.7 Å². The van der Waals surface area contributed by atoms with Crippen LogP contribution in [0.2, 0.25) is 0 Å². The maximum atomic E-state index is 12.8. The molecule has 0 saturated heterocycles. The second-order valence-corrected chi connectivity index (χ2v) is 4.01. The third kappa shape index (κ3) is 4.26. The summed E-state index contributed by atoms with van der Waals surface area (Å²) in [5.41, 5.74) is -2.49. The van der Waals surface area contributed by atoms with E-state index in [1.807, 2.05) is 0 Å². The van der Waals surface area contributed by atoms with Crippen molar-refractivity contribution in [2.24, 2.45) is 0 Å². The van der Waals surface area contributed by atoms with Crippen LogP contribution in [0.5, 0.6) is 5.75 Å². The number of hydrogen-bond acceptors (Lipinski definition) is 3. The van der Waals surface area contributed by atoms with Gasteiger partial charge in [-0.3, -0.25) is 4.98 Å². The summed E-state index contributed by atoms with van der Waals surface area (Å²) in [6, 6.07) is 1.94. The lowest BCUT2D eigenvalue weighted by atomic mass is 10.1. The van der Waals surface area contributed by atoms with Gasteiger partial charge in [-0.15, -0.1) is 13.2 Å². The van der Waals surface area contributed by atoms with Crippen molar-refractivity contribution < 1.29 is 31.1 Å². The first kappa shape index (κ1) is 16.6. The molecule has 0 amide bonds. The minimum absolute atomic E-state index is 0.288. The van der Waals surface area contributed by atoms with Gasteiger partial charge in [0.25, 0.3) is 0 Å². The number of nitriles is 1. The molecule has 1 heterocycles. The Morgan fingerprint density at radius 2 is 1.85 bits per heavy atom. The molecule has 20 heavy (non-hydrogen) atoms. The molecule has 0 aliphatic heterocycles. The largest absolute Gasteiger partial charge is 0.573 e. The van der Waals surface area contributed by atoms with Crippen molar-refractivity contribution in [3.63, 3.8) is 0 Å². The molecule has 0 aliphatic carbocycles. The smallest absolute Gasteiger partial charge is 0.403 e. The highest BCUT2D eigenvalue weighted by atomic mass is 79.9. The molecule has 0 spiro atoms. The van der Waals surface area contributed by atoms with Crippen LogP contribution in [0.15, 0.2) is 6.07 Å². The van der Waals surface area contributed by atoms with E-state index in [1.54, 1.807) is 6.07 Å². The minimum atomic E-state index is -5.28. The number of hydrogen-bond donors (Lipinski definition) is 0. The Kier molecular flexibility index (Phi) is 4.86. The zero-order valence-corrected chi connectivity index (χ0v) is 11.0. The fourth-order valence-electron chi connectivity index (χ4n) is 1.35. The molecule has 0 aromatic carbocycles. The van der Waals surface area contributed by atoms with Crippen LogP contribution in [0, 0.1) is 11.3 Å². The SMILES string of the molecule is N#CCc1cc(C(F)(F)F)c(OC(F)(F)F)c(CBr)n1. The molecule has 0 bridgehead atoms. The van der Waals surface area contributed by atoms with Crippen LogP contribution in [0.3, 0.4) is 0 Å². The van der Waals surface area contributed by atoms with E-state index in [9.17, 15) is 26.3 Å². The maximum absolute atomic E-state index is 12.8. The second kappa shape index (κ2) is 5.87. The number of halogens is 7. The van der Waals surface area contributed by atoms with Crippen molar-refractivity contribution in [2.45, 2.75) is 24.3 Å². The van der Waals surface area contributed by atoms with Gasteiger partial charge in [-0.05, 0) is 6.07 Å². The van der Waals surface area contributed by atoms with Crippen LogP contribution in [0.1, 0.15) is 17.0 Å². The summed E-state index contributed by atoms with van der Waals surface area (Å²) in [6.07, 6.45) is -10.8. The van der Waals surface area contributed by atoms with Gasteiger partial charge in [0.1, 0.15) is 5.56 Å². The number of ether oxygens (including phenoxy) is 1. The number of aromatic nitrogens is 1. The average molecular weight is 363 g/mol. The van der Waals surface area contributed by atoms with Gasteiger partial charge in [-0.25, -0.2) is 0 Å². The molecule has 1 aromatic rings.